The number of carbonyl (C=O) groups excluding carboxylic acids is 2. The first-order valence-electron chi connectivity index (χ1n) is 6.24. The second-order valence-electron chi connectivity index (χ2n) is 5.55. The van der Waals surface area contributed by atoms with Gasteiger partial charge >= 0.3 is 0 Å². The van der Waals surface area contributed by atoms with Gasteiger partial charge in [0, 0.05) is 6.42 Å². The lowest BCUT2D eigenvalue weighted by Gasteiger charge is -2.17. The lowest BCUT2D eigenvalue weighted by atomic mass is 9.92. The molecule has 0 aliphatic heterocycles. The van der Waals surface area contributed by atoms with Crippen LogP contribution in [0.4, 0.5) is 0 Å². The SMILES string of the molecule is CCC[C@H](C#N)NC(=O)CNC(=O)CC(C)(C)C. The number of hydrogen-bond acceptors (Lipinski definition) is 3. The molecule has 0 saturated heterocycles. The molecule has 0 aromatic carbocycles. The molecule has 5 heteroatoms. The van der Waals surface area contributed by atoms with Crippen LogP contribution in [0.25, 0.3) is 0 Å². The Hall–Kier alpha value is -1.57. The normalized spacial score (nSPS) is 12.4. The average molecular weight is 253 g/mol. The van der Waals surface area contributed by atoms with Crippen LogP contribution in [-0.4, -0.2) is 24.4 Å². The molecule has 0 radical (unpaired) electrons. The number of nitriles is 1. The molecular weight excluding hydrogens is 230 g/mol. The first kappa shape index (κ1) is 16.4. The third kappa shape index (κ3) is 8.57. The summed E-state index contributed by atoms with van der Waals surface area (Å²) in [4.78, 5) is 23.0. The molecule has 5 nitrogen and oxygen atoms in total. The highest BCUT2D eigenvalue weighted by atomic mass is 16.2. The zero-order chi connectivity index (χ0) is 14.2. The van der Waals surface area contributed by atoms with Crippen LogP contribution in [0.5, 0.6) is 0 Å². The Morgan fingerprint density at radius 2 is 1.89 bits per heavy atom. The molecule has 0 bridgehead atoms. The van der Waals surface area contributed by atoms with Crippen molar-refractivity contribution in [3.05, 3.63) is 0 Å². The highest BCUT2D eigenvalue weighted by Gasteiger charge is 2.17. The highest BCUT2D eigenvalue weighted by Crippen LogP contribution is 2.17. The predicted octanol–water partition coefficient (Wildman–Crippen LogP) is 1.35. The lowest BCUT2D eigenvalue weighted by Crippen LogP contribution is -2.42. The minimum Gasteiger partial charge on any atom is -0.347 e. The van der Waals surface area contributed by atoms with Gasteiger partial charge in [-0.05, 0) is 11.8 Å². The van der Waals surface area contributed by atoms with E-state index in [1.807, 2.05) is 33.8 Å². The van der Waals surface area contributed by atoms with Crippen LogP contribution in [0.3, 0.4) is 0 Å². The molecule has 0 spiro atoms. The first-order chi connectivity index (χ1) is 8.28. The standard InChI is InChI=1S/C13H23N3O2/c1-5-6-10(8-14)16-12(18)9-15-11(17)7-13(2,3)4/h10H,5-7,9H2,1-4H3,(H,15,17)(H,16,18)/t10-/m1/s1. The zero-order valence-electron chi connectivity index (χ0n) is 11.7. The summed E-state index contributed by atoms with van der Waals surface area (Å²) in [6, 6.07) is 1.54. The maximum Gasteiger partial charge on any atom is 0.240 e. The van der Waals surface area contributed by atoms with E-state index in [2.05, 4.69) is 10.6 Å². The Balaban J connectivity index is 3.97. The van der Waals surface area contributed by atoms with Gasteiger partial charge < -0.3 is 10.6 Å². The number of nitrogens with zero attached hydrogens (tertiary/aromatic N) is 1. The van der Waals surface area contributed by atoms with Crippen LogP contribution >= 0.6 is 0 Å². The quantitative estimate of drug-likeness (QED) is 0.749. The molecule has 0 aromatic rings. The van der Waals surface area contributed by atoms with Crippen LogP contribution in [0.15, 0.2) is 0 Å². The summed E-state index contributed by atoms with van der Waals surface area (Å²) < 4.78 is 0. The number of carbonyl (C=O) groups is 2. The molecule has 18 heavy (non-hydrogen) atoms. The Labute approximate surface area is 109 Å². The van der Waals surface area contributed by atoms with E-state index in [1.165, 1.54) is 0 Å². The maximum absolute atomic E-state index is 11.5. The molecule has 0 rings (SSSR count). The molecule has 0 fully saturated rings. The summed E-state index contributed by atoms with van der Waals surface area (Å²) >= 11 is 0. The van der Waals surface area contributed by atoms with Gasteiger partial charge in [-0.15, -0.1) is 0 Å². The Morgan fingerprint density at radius 3 is 2.33 bits per heavy atom. The number of nitrogens with one attached hydrogen (secondary N) is 2. The van der Waals surface area contributed by atoms with Crippen LogP contribution in [-0.2, 0) is 9.59 Å². The van der Waals surface area contributed by atoms with Gasteiger partial charge in [-0.25, -0.2) is 0 Å². The largest absolute Gasteiger partial charge is 0.347 e. The minimum atomic E-state index is -0.470. The molecule has 0 aliphatic rings. The maximum atomic E-state index is 11.5. The topological polar surface area (TPSA) is 82.0 Å². The van der Waals surface area contributed by atoms with E-state index in [1.54, 1.807) is 0 Å². The summed E-state index contributed by atoms with van der Waals surface area (Å²) in [6.45, 7) is 7.75. The van der Waals surface area contributed by atoms with Crippen molar-refractivity contribution in [2.75, 3.05) is 6.54 Å². The monoisotopic (exact) mass is 253 g/mol. The van der Waals surface area contributed by atoms with E-state index in [0.29, 0.717) is 12.8 Å². The summed E-state index contributed by atoms with van der Waals surface area (Å²) in [6.07, 6.45) is 1.82. The van der Waals surface area contributed by atoms with E-state index in [4.69, 9.17) is 5.26 Å². The summed E-state index contributed by atoms with van der Waals surface area (Å²) in [5.74, 6) is -0.473. The van der Waals surface area contributed by atoms with Crippen molar-refractivity contribution in [3.8, 4) is 6.07 Å². The van der Waals surface area contributed by atoms with Crippen LogP contribution in [0.2, 0.25) is 0 Å². The molecule has 0 unspecified atom stereocenters. The lowest BCUT2D eigenvalue weighted by molar-refractivity contribution is -0.127. The highest BCUT2D eigenvalue weighted by molar-refractivity contribution is 5.85. The Kier molecular flexibility index (Phi) is 7.03. The first-order valence-corrected chi connectivity index (χ1v) is 6.24. The van der Waals surface area contributed by atoms with Crippen molar-refractivity contribution in [2.24, 2.45) is 5.41 Å². The molecule has 0 saturated carbocycles. The van der Waals surface area contributed by atoms with Crippen molar-refractivity contribution in [3.63, 3.8) is 0 Å². The third-order valence-electron chi connectivity index (χ3n) is 2.21. The summed E-state index contributed by atoms with van der Waals surface area (Å²) in [7, 11) is 0. The second kappa shape index (κ2) is 7.70. The van der Waals surface area contributed by atoms with Gasteiger partial charge in [0.15, 0.2) is 0 Å². The molecule has 0 aliphatic carbocycles. The van der Waals surface area contributed by atoms with Crippen LogP contribution < -0.4 is 10.6 Å². The molecule has 2 amide bonds. The van der Waals surface area contributed by atoms with Gasteiger partial charge in [0.05, 0.1) is 12.6 Å². The van der Waals surface area contributed by atoms with E-state index in [0.717, 1.165) is 6.42 Å². The fraction of sp³-hybridized carbons (Fsp3) is 0.769. The fourth-order valence-electron chi connectivity index (χ4n) is 1.43. The fourth-order valence-corrected chi connectivity index (χ4v) is 1.43. The summed E-state index contributed by atoms with van der Waals surface area (Å²) in [5, 5.41) is 13.9. The van der Waals surface area contributed by atoms with Crippen molar-refractivity contribution in [1.82, 2.24) is 10.6 Å². The predicted molar refractivity (Wildman–Crippen MR) is 69.5 cm³/mol. The third-order valence-corrected chi connectivity index (χ3v) is 2.21. The van der Waals surface area contributed by atoms with Gasteiger partial charge in [0.1, 0.15) is 6.04 Å². The molecule has 0 aromatic heterocycles. The van der Waals surface area contributed by atoms with Crippen molar-refractivity contribution >= 4 is 11.8 Å². The zero-order valence-corrected chi connectivity index (χ0v) is 11.7. The Morgan fingerprint density at radius 1 is 1.28 bits per heavy atom. The van der Waals surface area contributed by atoms with E-state index < -0.39 is 6.04 Å². The van der Waals surface area contributed by atoms with Crippen molar-refractivity contribution in [1.29, 1.82) is 5.26 Å². The van der Waals surface area contributed by atoms with E-state index in [9.17, 15) is 9.59 Å². The van der Waals surface area contributed by atoms with Crippen LogP contribution in [0.1, 0.15) is 47.0 Å². The molecule has 0 heterocycles. The molecule has 2 N–H and O–H groups in total. The van der Waals surface area contributed by atoms with Crippen LogP contribution in [0, 0.1) is 16.7 Å². The number of rotatable bonds is 6. The van der Waals surface area contributed by atoms with Gasteiger partial charge in [-0.2, -0.15) is 5.26 Å². The minimum absolute atomic E-state index is 0.0726. The second-order valence-corrected chi connectivity index (χ2v) is 5.55. The number of amides is 2. The van der Waals surface area contributed by atoms with Gasteiger partial charge in [-0.1, -0.05) is 34.1 Å². The molecule has 1 atom stereocenters. The molecular formula is C13H23N3O2. The van der Waals surface area contributed by atoms with Crippen molar-refractivity contribution < 1.29 is 9.59 Å². The number of hydrogen-bond donors (Lipinski definition) is 2. The van der Waals surface area contributed by atoms with E-state index >= 15 is 0 Å². The Bertz CT molecular complexity index is 326. The smallest absolute Gasteiger partial charge is 0.240 e. The van der Waals surface area contributed by atoms with Gasteiger partial charge in [-0.3, -0.25) is 9.59 Å². The summed E-state index contributed by atoms with van der Waals surface area (Å²) in [5.41, 5.74) is -0.0992. The molecule has 102 valence electrons. The average Bonchev–Trinajstić information content (AvgIpc) is 2.23. The van der Waals surface area contributed by atoms with Gasteiger partial charge in [0.2, 0.25) is 11.8 Å². The van der Waals surface area contributed by atoms with E-state index in [-0.39, 0.29) is 23.8 Å². The van der Waals surface area contributed by atoms with Crippen molar-refractivity contribution in [2.45, 2.75) is 53.0 Å². The van der Waals surface area contributed by atoms with Gasteiger partial charge in [0.25, 0.3) is 0 Å².